The Morgan fingerprint density at radius 1 is 1.11 bits per heavy atom. The average Bonchev–Trinajstić information content (AvgIpc) is 2.39. The number of benzene rings is 2. The Morgan fingerprint density at radius 2 is 1.83 bits per heavy atom. The predicted octanol–water partition coefficient (Wildman–Crippen LogP) is 4.72. The number of Topliss-reactive ketones (excluding diaryl/α,β-unsaturated/α-hetero) is 1. The topological polar surface area (TPSA) is 17.1 Å². The van der Waals surface area contributed by atoms with E-state index in [9.17, 15) is 4.79 Å². The third-order valence-corrected chi connectivity index (χ3v) is 3.24. The van der Waals surface area contributed by atoms with Crippen LogP contribution in [0.4, 0.5) is 0 Å². The van der Waals surface area contributed by atoms with E-state index in [1.54, 1.807) is 12.1 Å². The number of rotatable bonds is 4. The van der Waals surface area contributed by atoms with Gasteiger partial charge in [0.15, 0.2) is 5.78 Å². The predicted molar refractivity (Wildman–Crippen MR) is 75.3 cm³/mol. The van der Waals surface area contributed by atoms with Gasteiger partial charge in [0, 0.05) is 17.0 Å². The first kappa shape index (κ1) is 12.8. The third-order valence-electron chi connectivity index (χ3n) is 3.01. The molecule has 2 rings (SSSR count). The average molecular weight is 259 g/mol. The molecule has 1 nitrogen and oxygen atoms in total. The van der Waals surface area contributed by atoms with E-state index in [0.717, 1.165) is 0 Å². The van der Waals surface area contributed by atoms with Gasteiger partial charge < -0.3 is 0 Å². The van der Waals surface area contributed by atoms with Crippen LogP contribution in [-0.2, 0) is 0 Å². The molecule has 0 aliphatic heterocycles. The third kappa shape index (κ3) is 3.21. The molecule has 0 saturated carbocycles. The fourth-order valence-electron chi connectivity index (χ4n) is 1.96. The van der Waals surface area contributed by atoms with E-state index < -0.39 is 0 Å². The lowest BCUT2D eigenvalue weighted by molar-refractivity contribution is 0.0975. The monoisotopic (exact) mass is 258 g/mol. The van der Waals surface area contributed by atoms with Crippen molar-refractivity contribution in [1.29, 1.82) is 0 Å². The molecule has 0 aliphatic carbocycles. The van der Waals surface area contributed by atoms with Gasteiger partial charge in [-0.05, 0) is 23.6 Å². The second-order valence-corrected chi connectivity index (χ2v) is 4.89. The Morgan fingerprint density at radius 3 is 2.50 bits per heavy atom. The van der Waals surface area contributed by atoms with Crippen LogP contribution >= 0.6 is 11.6 Å². The van der Waals surface area contributed by atoms with E-state index in [1.165, 1.54) is 5.56 Å². The number of ketones is 1. The molecule has 0 aromatic heterocycles. The van der Waals surface area contributed by atoms with Gasteiger partial charge in [-0.2, -0.15) is 0 Å². The summed E-state index contributed by atoms with van der Waals surface area (Å²) in [6, 6.07) is 17.2. The highest BCUT2D eigenvalue weighted by molar-refractivity contribution is 6.31. The second kappa shape index (κ2) is 5.83. The highest BCUT2D eigenvalue weighted by Crippen LogP contribution is 2.21. The minimum absolute atomic E-state index is 0.133. The van der Waals surface area contributed by atoms with Gasteiger partial charge in [-0.3, -0.25) is 4.79 Å². The molecule has 0 heterocycles. The highest BCUT2D eigenvalue weighted by Gasteiger charge is 2.12. The number of halogens is 1. The quantitative estimate of drug-likeness (QED) is 0.726. The van der Waals surface area contributed by atoms with Crippen molar-refractivity contribution in [2.75, 3.05) is 0 Å². The summed E-state index contributed by atoms with van der Waals surface area (Å²) in [6.45, 7) is 2.07. The molecule has 0 N–H and O–H groups in total. The highest BCUT2D eigenvalue weighted by atomic mass is 35.5. The Bertz CT molecular complexity index is 534. The van der Waals surface area contributed by atoms with Gasteiger partial charge in [-0.15, -0.1) is 0 Å². The zero-order chi connectivity index (χ0) is 13.0. The lowest BCUT2D eigenvalue weighted by Crippen LogP contribution is -2.05. The summed E-state index contributed by atoms with van der Waals surface area (Å²) in [5, 5.41) is 0.605. The molecule has 0 bridgehead atoms. The normalized spacial score (nSPS) is 12.1. The van der Waals surface area contributed by atoms with Crippen molar-refractivity contribution >= 4 is 17.4 Å². The zero-order valence-corrected chi connectivity index (χ0v) is 11.0. The number of hydrogen-bond donors (Lipinski definition) is 0. The molecule has 0 spiro atoms. The first-order valence-electron chi connectivity index (χ1n) is 6.00. The van der Waals surface area contributed by atoms with Crippen LogP contribution in [0, 0.1) is 0 Å². The first-order valence-corrected chi connectivity index (χ1v) is 6.38. The molecule has 2 heteroatoms. The number of carbonyl (C=O) groups is 1. The van der Waals surface area contributed by atoms with E-state index in [-0.39, 0.29) is 11.7 Å². The van der Waals surface area contributed by atoms with Gasteiger partial charge in [-0.1, -0.05) is 61.0 Å². The second-order valence-electron chi connectivity index (χ2n) is 4.45. The van der Waals surface area contributed by atoms with Gasteiger partial charge in [0.05, 0.1) is 0 Å². The van der Waals surface area contributed by atoms with Gasteiger partial charge in [0.25, 0.3) is 0 Å². The van der Waals surface area contributed by atoms with E-state index in [2.05, 4.69) is 19.1 Å². The molecule has 2 aromatic rings. The lowest BCUT2D eigenvalue weighted by atomic mass is 9.93. The van der Waals surface area contributed by atoms with Crippen LogP contribution in [-0.4, -0.2) is 5.78 Å². The molecule has 0 radical (unpaired) electrons. The van der Waals surface area contributed by atoms with E-state index in [4.69, 9.17) is 11.6 Å². The van der Waals surface area contributed by atoms with Crippen molar-refractivity contribution in [1.82, 2.24) is 0 Å². The molecular weight excluding hydrogens is 244 g/mol. The molecule has 0 saturated heterocycles. The molecule has 18 heavy (non-hydrogen) atoms. The summed E-state index contributed by atoms with van der Waals surface area (Å²) in [5.74, 6) is 0.353. The largest absolute Gasteiger partial charge is 0.294 e. The minimum Gasteiger partial charge on any atom is -0.294 e. The number of carbonyl (C=O) groups excluding carboxylic acids is 1. The molecule has 2 aromatic carbocycles. The van der Waals surface area contributed by atoms with Crippen molar-refractivity contribution in [3.8, 4) is 0 Å². The Balaban J connectivity index is 2.08. The molecule has 0 fully saturated rings. The maximum atomic E-state index is 12.1. The smallest absolute Gasteiger partial charge is 0.163 e. The number of hydrogen-bond acceptors (Lipinski definition) is 1. The molecule has 1 unspecified atom stereocenters. The summed E-state index contributed by atoms with van der Waals surface area (Å²) in [6.07, 6.45) is 0.504. The summed E-state index contributed by atoms with van der Waals surface area (Å²) >= 11 is 5.89. The fourth-order valence-corrected chi connectivity index (χ4v) is 2.15. The minimum atomic E-state index is 0.133. The molecule has 92 valence electrons. The van der Waals surface area contributed by atoms with Gasteiger partial charge in [0.2, 0.25) is 0 Å². The SMILES string of the molecule is CC(CC(=O)c1cccc(Cl)c1)c1ccccc1. The summed E-state index contributed by atoms with van der Waals surface area (Å²) in [7, 11) is 0. The Kier molecular flexibility index (Phi) is 4.16. The molecular formula is C16H15ClO. The van der Waals surface area contributed by atoms with Crippen molar-refractivity contribution in [3.05, 3.63) is 70.7 Å². The fraction of sp³-hybridized carbons (Fsp3) is 0.188. The summed E-state index contributed by atoms with van der Waals surface area (Å²) < 4.78 is 0. The van der Waals surface area contributed by atoms with Crippen molar-refractivity contribution in [2.24, 2.45) is 0 Å². The van der Waals surface area contributed by atoms with Crippen molar-refractivity contribution < 1.29 is 4.79 Å². The van der Waals surface area contributed by atoms with Crippen molar-refractivity contribution in [3.63, 3.8) is 0 Å². The van der Waals surface area contributed by atoms with Crippen LogP contribution in [0.25, 0.3) is 0 Å². The van der Waals surface area contributed by atoms with Crippen LogP contribution in [0.1, 0.15) is 35.2 Å². The van der Waals surface area contributed by atoms with Gasteiger partial charge in [-0.25, -0.2) is 0 Å². The molecule has 0 aliphatic rings. The van der Waals surface area contributed by atoms with Crippen LogP contribution in [0.2, 0.25) is 5.02 Å². The summed E-state index contributed by atoms with van der Waals surface area (Å²) in [4.78, 5) is 12.1. The first-order chi connectivity index (χ1) is 8.66. The molecule has 1 atom stereocenters. The maximum Gasteiger partial charge on any atom is 0.163 e. The standard InChI is InChI=1S/C16H15ClO/c1-12(13-6-3-2-4-7-13)10-16(18)14-8-5-9-15(17)11-14/h2-9,11-12H,10H2,1H3. The zero-order valence-electron chi connectivity index (χ0n) is 10.3. The van der Waals surface area contributed by atoms with E-state index >= 15 is 0 Å². The maximum absolute atomic E-state index is 12.1. The van der Waals surface area contributed by atoms with E-state index in [1.807, 2.05) is 30.3 Å². The van der Waals surface area contributed by atoms with E-state index in [0.29, 0.717) is 17.0 Å². The lowest BCUT2D eigenvalue weighted by Gasteiger charge is -2.11. The Labute approximate surface area is 112 Å². The van der Waals surface area contributed by atoms with Gasteiger partial charge in [0.1, 0.15) is 0 Å². The van der Waals surface area contributed by atoms with Crippen molar-refractivity contribution in [2.45, 2.75) is 19.3 Å². The van der Waals surface area contributed by atoms with Crippen LogP contribution < -0.4 is 0 Å². The van der Waals surface area contributed by atoms with Gasteiger partial charge >= 0.3 is 0 Å². The van der Waals surface area contributed by atoms with Crippen LogP contribution in [0.5, 0.6) is 0 Å². The van der Waals surface area contributed by atoms with Crippen LogP contribution in [0.3, 0.4) is 0 Å². The Hall–Kier alpha value is -1.60. The molecule has 0 amide bonds. The van der Waals surface area contributed by atoms with Crippen LogP contribution in [0.15, 0.2) is 54.6 Å². The summed E-state index contributed by atoms with van der Waals surface area (Å²) in [5.41, 5.74) is 1.87.